The Hall–Kier alpha value is -1.16. The van der Waals surface area contributed by atoms with Gasteiger partial charge in [0.25, 0.3) is 5.91 Å². The van der Waals surface area contributed by atoms with Crippen LogP contribution in [0.1, 0.15) is 39.0 Å². The number of benzene rings is 1. The average molecular weight is 346 g/mol. The molecule has 130 valence electrons. The number of carbonyl (C=O) groups is 1. The van der Waals surface area contributed by atoms with Gasteiger partial charge in [0.05, 0.1) is 0 Å². The summed E-state index contributed by atoms with van der Waals surface area (Å²) in [4.78, 5) is 13.8. The Balaban J connectivity index is 1.32. The molecule has 0 radical (unpaired) electrons. The Morgan fingerprint density at radius 1 is 1.17 bits per heavy atom. The summed E-state index contributed by atoms with van der Waals surface area (Å²) in [6.45, 7) is 1.85. The monoisotopic (exact) mass is 345 g/mol. The molecule has 1 aromatic rings. The third-order valence-electron chi connectivity index (χ3n) is 6.50. The Kier molecular flexibility index (Phi) is 4.50. The molecule has 6 atom stereocenters. The fraction of sp³-hybridized carbons (Fsp3) is 0.650. The fourth-order valence-corrected chi connectivity index (χ4v) is 5.85. The highest BCUT2D eigenvalue weighted by atomic mass is 32.2. The van der Waals surface area contributed by atoms with Crippen LogP contribution in [0.3, 0.4) is 0 Å². The molecule has 0 heterocycles. The summed E-state index contributed by atoms with van der Waals surface area (Å²) in [6.07, 6.45) is 8.34. The lowest BCUT2D eigenvalue weighted by atomic mass is 9.79. The van der Waals surface area contributed by atoms with Crippen molar-refractivity contribution >= 4 is 17.7 Å². The molecule has 0 spiro atoms. The van der Waals surface area contributed by atoms with Gasteiger partial charge < -0.3 is 10.1 Å². The average Bonchev–Trinajstić information content (AvgIpc) is 3.28. The second-order valence-electron chi connectivity index (χ2n) is 7.70. The Morgan fingerprint density at radius 3 is 2.67 bits per heavy atom. The second kappa shape index (κ2) is 6.62. The van der Waals surface area contributed by atoms with Crippen LogP contribution in [0, 0.1) is 23.7 Å². The van der Waals surface area contributed by atoms with Gasteiger partial charge in [-0.25, -0.2) is 0 Å². The number of hydrogen-bond donors (Lipinski definition) is 1. The summed E-state index contributed by atoms with van der Waals surface area (Å²) in [6, 6.07) is 8.32. The van der Waals surface area contributed by atoms with E-state index in [1.54, 1.807) is 11.8 Å². The van der Waals surface area contributed by atoms with Gasteiger partial charge in [-0.2, -0.15) is 0 Å². The SMILES string of the molecule is CSc1ccc(O[C@H](C)C(=O)N[C@@H]2C[C@H]3C[C@H]2[C@@H]2CCC[C@H]32)cc1. The number of fused-ring (bicyclic) bond motifs is 5. The van der Waals surface area contributed by atoms with Gasteiger partial charge in [0.1, 0.15) is 5.75 Å². The van der Waals surface area contributed by atoms with E-state index < -0.39 is 6.10 Å². The van der Waals surface area contributed by atoms with E-state index in [9.17, 15) is 4.79 Å². The van der Waals surface area contributed by atoms with E-state index in [0.717, 1.165) is 29.4 Å². The molecule has 3 saturated carbocycles. The standard InChI is InChI=1S/C20H27NO2S/c1-12(23-14-6-8-15(24-2)9-7-14)20(22)21-19-11-13-10-18(19)17-5-3-4-16(13)17/h6-9,12-13,16-19H,3-5,10-11H2,1-2H3,(H,21,22)/t12-,13-,16-,17-,18+,19-/m1/s1. The smallest absolute Gasteiger partial charge is 0.261 e. The van der Waals surface area contributed by atoms with Crippen molar-refractivity contribution in [1.29, 1.82) is 0 Å². The van der Waals surface area contributed by atoms with Crippen molar-refractivity contribution in [2.45, 2.75) is 56.1 Å². The van der Waals surface area contributed by atoms with E-state index in [1.807, 2.05) is 31.2 Å². The summed E-state index contributed by atoms with van der Waals surface area (Å²) >= 11 is 1.70. The molecule has 3 aliphatic carbocycles. The van der Waals surface area contributed by atoms with Crippen LogP contribution in [0.4, 0.5) is 0 Å². The molecule has 1 N–H and O–H groups in total. The zero-order valence-electron chi connectivity index (χ0n) is 14.5. The Labute approximate surface area is 148 Å². The van der Waals surface area contributed by atoms with Gasteiger partial charge in [-0.15, -0.1) is 11.8 Å². The normalized spacial score (nSPS) is 34.8. The highest BCUT2D eigenvalue weighted by Gasteiger charge is 2.54. The van der Waals surface area contributed by atoms with E-state index in [0.29, 0.717) is 6.04 Å². The molecule has 0 aliphatic heterocycles. The number of carbonyl (C=O) groups excluding carboxylic acids is 1. The molecule has 4 rings (SSSR count). The highest BCUT2D eigenvalue weighted by Crippen LogP contribution is 2.58. The van der Waals surface area contributed by atoms with Crippen molar-refractivity contribution in [3.63, 3.8) is 0 Å². The predicted octanol–water partition coefficient (Wildman–Crippen LogP) is 4.12. The number of ether oxygens (including phenoxy) is 1. The van der Waals surface area contributed by atoms with Crippen molar-refractivity contribution in [2.75, 3.05) is 6.26 Å². The van der Waals surface area contributed by atoms with E-state index in [1.165, 1.54) is 37.0 Å². The van der Waals surface area contributed by atoms with Gasteiger partial charge in [-0.05, 0) is 86.8 Å². The van der Waals surface area contributed by atoms with Gasteiger partial charge in [0, 0.05) is 10.9 Å². The van der Waals surface area contributed by atoms with E-state index in [-0.39, 0.29) is 5.91 Å². The third kappa shape index (κ3) is 2.94. The number of amides is 1. The topological polar surface area (TPSA) is 38.3 Å². The number of thioether (sulfide) groups is 1. The van der Waals surface area contributed by atoms with Crippen molar-refractivity contribution in [3.05, 3.63) is 24.3 Å². The maximum atomic E-state index is 12.6. The fourth-order valence-electron chi connectivity index (χ4n) is 5.45. The quantitative estimate of drug-likeness (QED) is 0.816. The van der Waals surface area contributed by atoms with E-state index >= 15 is 0 Å². The van der Waals surface area contributed by atoms with Gasteiger partial charge in [-0.1, -0.05) is 6.42 Å². The van der Waals surface area contributed by atoms with Crippen LogP contribution < -0.4 is 10.1 Å². The summed E-state index contributed by atoms with van der Waals surface area (Å²) in [5.41, 5.74) is 0. The highest BCUT2D eigenvalue weighted by molar-refractivity contribution is 7.98. The maximum Gasteiger partial charge on any atom is 0.261 e. The lowest BCUT2D eigenvalue weighted by Crippen LogP contribution is -2.47. The molecule has 24 heavy (non-hydrogen) atoms. The summed E-state index contributed by atoms with van der Waals surface area (Å²) in [7, 11) is 0. The van der Waals surface area contributed by atoms with Gasteiger partial charge in [-0.3, -0.25) is 4.79 Å². The summed E-state index contributed by atoms with van der Waals surface area (Å²) < 4.78 is 5.83. The molecular formula is C20H27NO2S. The minimum absolute atomic E-state index is 0.0380. The summed E-state index contributed by atoms with van der Waals surface area (Å²) in [5.74, 6) is 4.23. The number of rotatable bonds is 5. The first-order valence-electron chi connectivity index (χ1n) is 9.27. The van der Waals surface area contributed by atoms with E-state index in [4.69, 9.17) is 4.74 Å². The molecule has 3 nitrogen and oxygen atoms in total. The van der Waals surface area contributed by atoms with Crippen LogP contribution in [-0.4, -0.2) is 24.3 Å². The zero-order chi connectivity index (χ0) is 16.7. The van der Waals surface area contributed by atoms with Gasteiger partial charge >= 0.3 is 0 Å². The van der Waals surface area contributed by atoms with Crippen LogP contribution in [0.25, 0.3) is 0 Å². The van der Waals surface area contributed by atoms with Crippen molar-refractivity contribution in [1.82, 2.24) is 5.32 Å². The Morgan fingerprint density at radius 2 is 1.92 bits per heavy atom. The molecule has 3 aliphatic rings. The lowest BCUT2D eigenvalue weighted by Gasteiger charge is -2.32. The number of hydrogen-bond acceptors (Lipinski definition) is 3. The molecule has 1 amide bonds. The van der Waals surface area contributed by atoms with Crippen LogP contribution in [0.2, 0.25) is 0 Å². The van der Waals surface area contributed by atoms with Crippen LogP contribution >= 0.6 is 11.8 Å². The molecule has 0 aromatic heterocycles. The minimum Gasteiger partial charge on any atom is -0.481 e. The molecular weight excluding hydrogens is 318 g/mol. The first-order chi connectivity index (χ1) is 11.7. The second-order valence-corrected chi connectivity index (χ2v) is 8.58. The van der Waals surface area contributed by atoms with Crippen LogP contribution in [0.15, 0.2) is 29.2 Å². The molecule has 0 saturated heterocycles. The summed E-state index contributed by atoms with van der Waals surface area (Å²) in [5, 5.41) is 3.30. The predicted molar refractivity (Wildman–Crippen MR) is 97.3 cm³/mol. The molecule has 2 bridgehead atoms. The third-order valence-corrected chi connectivity index (χ3v) is 7.24. The Bertz CT molecular complexity index is 602. The van der Waals surface area contributed by atoms with Crippen LogP contribution in [0.5, 0.6) is 5.75 Å². The minimum atomic E-state index is -0.441. The number of nitrogens with one attached hydrogen (secondary N) is 1. The lowest BCUT2D eigenvalue weighted by molar-refractivity contribution is -0.128. The first-order valence-corrected chi connectivity index (χ1v) is 10.5. The van der Waals surface area contributed by atoms with Crippen molar-refractivity contribution in [2.24, 2.45) is 23.7 Å². The van der Waals surface area contributed by atoms with Gasteiger partial charge in [0.15, 0.2) is 6.10 Å². The van der Waals surface area contributed by atoms with Crippen molar-refractivity contribution < 1.29 is 9.53 Å². The molecule has 0 unspecified atom stereocenters. The first kappa shape index (κ1) is 16.3. The van der Waals surface area contributed by atoms with Crippen molar-refractivity contribution in [3.8, 4) is 5.75 Å². The van der Waals surface area contributed by atoms with Gasteiger partial charge in [0.2, 0.25) is 0 Å². The largest absolute Gasteiger partial charge is 0.481 e. The molecule has 4 heteroatoms. The molecule has 1 aromatic carbocycles. The maximum absolute atomic E-state index is 12.6. The van der Waals surface area contributed by atoms with E-state index in [2.05, 4.69) is 11.6 Å². The zero-order valence-corrected chi connectivity index (χ0v) is 15.4. The molecule has 3 fully saturated rings. The van der Waals surface area contributed by atoms with Crippen LogP contribution in [-0.2, 0) is 4.79 Å².